The van der Waals surface area contributed by atoms with Gasteiger partial charge in [0.25, 0.3) is 0 Å². The summed E-state index contributed by atoms with van der Waals surface area (Å²) < 4.78 is 5.77. The molecule has 0 aliphatic carbocycles. The minimum Gasteiger partial charge on any atom is -0.457 e. The lowest BCUT2D eigenvalue weighted by Crippen LogP contribution is -2.22. The number of H-pyrrole nitrogens is 1. The summed E-state index contributed by atoms with van der Waals surface area (Å²) >= 11 is 1.30. The number of para-hydroxylation sites is 1. The van der Waals surface area contributed by atoms with Gasteiger partial charge in [-0.3, -0.25) is 9.89 Å². The second-order valence-corrected chi connectivity index (χ2v) is 7.83. The molecule has 0 aliphatic rings. The first-order chi connectivity index (χ1) is 14.7. The fourth-order valence-corrected chi connectivity index (χ4v) is 3.44. The Bertz CT molecular complexity index is 1100. The number of carbonyl (C=O) groups is 1. The molecule has 2 N–H and O–H groups in total. The maximum absolute atomic E-state index is 12.5. The highest BCUT2D eigenvalue weighted by Gasteiger charge is 2.17. The summed E-state index contributed by atoms with van der Waals surface area (Å²) in [6.45, 7) is 1.82. The van der Waals surface area contributed by atoms with Crippen molar-refractivity contribution in [3.63, 3.8) is 0 Å². The van der Waals surface area contributed by atoms with Gasteiger partial charge in [0.2, 0.25) is 11.1 Å². The first kappa shape index (κ1) is 19.7. The van der Waals surface area contributed by atoms with Crippen LogP contribution in [0.5, 0.6) is 11.5 Å². The molecule has 1 atom stereocenters. The lowest BCUT2D eigenvalue weighted by atomic mass is 10.2. The number of benzene rings is 3. The molecule has 1 aromatic heterocycles. The Balaban J connectivity index is 1.33. The summed E-state index contributed by atoms with van der Waals surface area (Å²) in [6.07, 6.45) is 0. The van der Waals surface area contributed by atoms with Gasteiger partial charge in [-0.1, -0.05) is 60.3 Å². The molecule has 150 valence electrons. The maximum Gasteiger partial charge on any atom is 0.237 e. The number of anilines is 1. The number of aromatic amines is 1. The van der Waals surface area contributed by atoms with E-state index in [0.717, 1.165) is 11.3 Å². The van der Waals surface area contributed by atoms with Crippen LogP contribution in [-0.2, 0) is 4.79 Å². The summed E-state index contributed by atoms with van der Waals surface area (Å²) in [6, 6.07) is 26.6. The molecule has 30 heavy (non-hydrogen) atoms. The number of hydrogen-bond donors (Lipinski definition) is 2. The fourth-order valence-electron chi connectivity index (χ4n) is 2.71. The van der Waals surface area contributed by atoms with Crippen LogP contribution >= 0.6 is 11.8 Å². The van der Waals surface area contributed by atoms with E-state index in [0.29, 0.717) is 22.4 Å². The van der Waals surface area contributed by atoms with Crippen LogP contribution in [0.1, 0.15) is 6.92 Å². The molecule has 0 unspecified atom stereocenters. The Morgan fingerprint density at radius 3 is 2.27 bits per heavy atom. The molecule has 1 amide bonds. The lowest BCUT2D eigenvalue weighted by Gasteiger charge is -2.11. The number of hydrogen-bond acceptors (Lipinski definition) is 5. The summed E-state index contributed by atoms with van der Waals surface area (Å²) in [7, 11) is 0. The Morgan fingerprint density at radius 2 is 1.57 bits per heavy atom. The van der Waals surface area contributed by atoms with E-state index in [-0.39, 0.29) is 11.2 Å². The van der Waals surface area contributed by atoms with Gasteiger partial charge < -0.3 is 10.1 Å². The largest absolute Gasteiger partial charge is 0.457 e. The quantitative estimate of drug-likeness (QED) is 0.395. The van der Waals surface area contributed by atoms with Crippen molar-refractivity contribution in [2.75, 3.05) is 5.32 Å². The lowest BCUT2D eigenvalue weighted by molar-refractivity contribution is -0.115. The van der Waals surface area contributed by atoms with Gasteiger partial charge in [0.1, 0.15) is 11.5 Å². The molecule has 0 radical (unpaired) electrons. The van der Waals surface area contributed by atoms with E-state index in [1.807, 2.05) is 91.9 Å². The highest BCUT2D eigenvalue weighted by Crippen LogP contribution is 2.25. The highest BCUT2D eigenvalue weighted by molar-refractivity contribution is 8.00. The van der Waals surface area contributed by atoms with E-state index < -0.39 is 0 Å². The number of thioether (sulfide) groups is 1. The monoisotopic (exact) mass is 416 g/mol. The molecule has 3 aromatic carbocycles. The first-order valence-electron chi connectivity index (χ1n) is 9.46. The molecule has 4 rings (SSSR count). The van der Waals surface area contributed by atoms with Crippen LogP contribution < -0.4 is 10.1 Å². The van der Waals surface area contributed by atoms with Gasteiger partial charge in [0, 0.05) is 11.3 Å². The van der Waals surface area contributed by atoms with Crippen molar-refractivity contribution in [1.29, 1.82) is 0 Å². The van der Waals surface area contributed by atoms with Crippen molar-refractivity contribution in [2.24, 2.45) is 0 Å². The van der Waals surface area contributed by atoms with Crippen molar-refractivity contribution in [3.8, 4) is 22.9 Å². The van der Waals surface area contributed by atoms with E-state index in [1.54, 1.807) is 0 Å². The van der Waals surface area contributed by atoms with Crippen LogP contribution in [0.3, 0.4) is 0 Å². The maximum atomic E-state index is 12.5. The predicted octanol–water partition coefficient (Wildman–Crippen LogP) is 5.38. The Hall–Kier alpha value is -3.58. The first-order valence-corrected chi connectivity index (χ1v) is 10.3. The highest BCUT2D eigenvalue weighted by atomic mass is 32.2. The van der Waals surface area contributed by atoms with Gasteiger partial charge in [0.05, 0.1) is 5.25 Å². The third kappa shape index (κ3) is 5.07. The zero-order valence-corrected chi connectivity index (χ0v) is 17.1. The van der Waals surface area contributed by atoms with Gasteiger partial charge in [-0.25, -0.2) is 4.98 Å². The summed E-state index contributed by atoms with van der Waals surface area (Å²) in [4.78, 5) is 17.0. The molecule has 0 saturated heterocycles. The van der Waals surface area contributed by atoms with Crippen LogP contribution in [0.15, 0.2) is 90.1 Å². The van der Waals surface area contributed by atoms with E-state index in [2.05, 4.69) is 20.5 Å². The normalized spacial score (nSPS) is 11.6. The molecule has 6 nitrogen and oxygen atoms in total. The van der Waals surface area contributed by atoms with Crippen LogP contribution in [0.2, 0.25) is 0 Å². The number of nitrogens with zero attached hydrogens (tertiary/aromatic N) is 2. The van der Waals surface area contributed by atoms with Crippen LogP contribution in [-0.4, -0.2) is 26.3 Å². The summed E-state index contributed by atoms with van der Waals surface area (Å²) in [5.74, 6) is 2.03. The second kappa shape index (κ2) is 9.28. The van der Waals surface area contributed by atoms with E-state index >= 15 is 0 Å². The molecule has 1 heterocycles. The molecule has 0 spiro atoms. The SMILES string of the molecule is C[C@@H](Sc1n[nH]c(-c2ccccc2)n1)C(=O)Nc1ccc(Oc2ccccc2)cc1. The van der Waals surface area contributed by atoms with Gasteiger partial charge in [0.15, 0.2) is 5.82 Å². The number of rotatable bonds is 7. The van der Waals surface area contributed by atoms with E-state index in [1.165, 1.54) is 11.8 Å². The molecule has 4 aromatic rings. The molecule has 0 saturated carbocycles. The van der Waals surface area contributed by atoms with Gasteiger partial charge >= 0.3 is 0 Å². The number of amides is 1. The summed E-state index contributed by atoms with van der Waals surface area (Å²) in [5.41, 5.74) is 1.65. The molecule has 0 aliphatic heterocycles. The van der Waals surface area contributed by atoms with Crippen LogP contribution in [0.4, 0.5) is 5.69 Å². The molecule has 0 bridgehead atoms. The zero-order valence-electron chi connectivity index (χ0n) is 16.3. The van der Waals surface area contributed by atoms with Gasteiger partial charge in [-0.05, 0) is 43.3 Å². The van der Waals surface area contributed by atoms with Gasteiger partial charge in [-0.2, -0.15) is 0 Å². The van der Waals surface area contributed by atoms with Gasteiger partial charge in [-0.15, -0.1) is 5.10 Å². The molecular weight excluding hydrogens is 396 g/mol. The topological polar surface area (TPSA) is 79.9 Å². The number of nitrogens with one attached hydrogen (secondary N) is 2. The van der Waals surface area contributed by atoms with E-state index in [9.17, 15) is 4.79 Å². The van der Waals surface area contributed by atoms with Crippen molar-refractivity contribution < 1.29 is 9.53 Å². The minimum atomic E-state index is -0.357. The Kier molecular flexibility index (Phi) is 6.10. The van der Waals surface area contributed by atoms with E-state index in [4.69, 9.17) is 4.74 Å². The minimum absolute atomic E-state index is 0.122. The van der Waals surface area contributed by atoms with Crippen molar-refractivity contribution in [1.82, 2.24) is 15.2 Å². The number of aromatic nitrogens is 3. The average Bonchev–Trinajstić information content (AvgIpc) is 3.25. The zero-order chi connectivity index (χ0) is 20.8. The number of carbonyl (C=O) groups excluding carboxylic acids is 1. The third-order valence-corrected chi connectivity index (χ3v) is 5.23. The van der Waals surface area contributed by atoms with Crippen molar-refractivity contribution in [3.05, 3.63) is 84.9 Å². The van der Waals surface area contributed by atoms with Crippen LogP contribution in [0.25, 0.3) is 11.4 Å². The standard InChI is InChI=1S/C23H20N4O2S/c1-16(30-23-25-21(26-27-23)17-8-4-2-5-9-17)22(28)24-18-12-14-20(15-13-18)29-19-10-6-3-7-11-19/h2-16H,1H3,(H,24,28)(H,25,26,27)/t16-/m1/s1. The number of ether oxygens (including phenoxy) is 1. The van der Waals surface area contributed by atoms with Crippen molar-refractivity contribution >= 4 is 23.4 Å². The molecule has 0 fully saturated rings. The van der Waals surface area contributed by atoms with Crippen LogP contribution in [0, 0.1) is 0 Å². The average molecular weight is 417 g/mol. The predicted molar refractivity (Wildman–Crippen MR) is 119 cm³/mol. The third-order valence-electron chi connectivity index (χ3n) is 4.26. The van der Waals surface area contributed by atoms with Crippen molar-refractivity contribution in [2.45, 2.75) is 17.3 Å². The Morgan fingerprint density at radius 1 is 0.933 bits per heavy atom. The summed E-state index contributed by atoms with van der Waals surface area (Å²) in [5, 5.41) is 10.2. The molecular formula is C23H20N4O2S. The Labute approximate surface area is 178 Å². The second-order valence-electron chi connectivity index (χ2n) is 6.52. The molecule has 7 heteroatoms. The fraction of sp³-hybridized carbons (Fsp3) is 0.0870. The smallest absolute Gasteiger partial charge is 0.237 e.